The van der Waals surface area contributed by atoms with Gasteiger partial charge in [-0.05, 0) is 83.6 Å². The Kier molecular flexibility index (Phi) is 4.77. The van der Waals surface area contributed by atoms with Gasteiger partial charge in [0.2, 0.25) is 0 Å². The first-order valence-electron chi connectivity index (χ1n) is 11.2. The van der Waals surface area contributed by atoms with Gasteiger partial charge in [0.05, 0.1) is 6.10 Å². The van der Waals surface area contributed by atoms with E-state index in [-0.39, 0.29) is 40.8 Å². The van der Waals surface area contributed by atoms with Crippen molar-refractivity contribution in [1.29, 1.82) is 0 Å². The maximum absolute atomic E-state index is 15.9. The van der Waals surface area contributed by atoms with Gasteiger partial charge in [0.1, 0.15) is 11.9 Å². The van der Waals surface area contributed by atoms with E-state index in [1.165, 1.54) is 5.56 Å². The van der Waals surface area contributed by atoms with Crippen LogP contribution < -0.4 is 0 Å². The van der Waals surface area contributed by atoms with Gasteiger partial charge in [0.15, 0.2) is 0 Å². The van der Waals surface area contributed by atoms with Crippen molar-refractivity contribution in [2.24, 2.45) is 23.2 Å². The highest BCUT2D eigenvalue weighted by atomic mass is 19.1. The molecule has 3 aliphatic carbocycles. The van der Waals surface area contributed by atoms with Crippen LogP contribution in [0.4, 0.5) is 4.39 Å². The number of phenols is 1. The lowest BCUT2D eigenvalue weighted by atomic mass is 9.50. The highest BCUT2D eigenvalue weighted by molar-refractivity contribution is 5.44. The summed E-state index contributed by atoms with van der Waals surface area (Å²) in [6, 6.07) is 15.9. The van der Waals surface area contributed by atoms with Crippen LogP contribution in [0.25, 0.3) is 0 Å². The molecule has 3 aliphatic rings. The van der Waals surface area contributed by atoms with E-state index in [1.54, 1.807) is 6.07 Å². The van der Waals surface area contributed by atoms with Crippen molar-refractivity contribution in [1.82, 2.24) is 0 Å². The molecule has 0 saturated heterocycles. The molecule has 158 valence electrons. The molecule has 0 heterocycles. The van der Waals surface area contributed by atoms with E-state index in [9.17, 15) is 10.2 Å². The Morgan fingerprint density at radius 2 is 1.93 bits per heavy atom. The molecule has 8 atom stereocenters. The van der Waals surface area contributed by atoms with Gasteiger partial charge in [0.25, 0.3) is 0 Å². The van der Waals surface area contributed by atoms with E-state index in [1.807, 2.05) is 24.3 Å². The fourth-order valence-corrected chi connectivity index (χ4v) is 7.43. The summed E-state index contributed by atoms with van der Waals surface area (Å²) in [5.74, 6) is 0.712. The van der Waals surface area contributed by atoms with Crippen molar-refractivity contribution in [2.45, 2.75) is 56.7 Å². The van der Waals surface area contributed by atoms with E-state index in [0.717, 1.165) is 24.0 Å². The second-order valence-corrected chi connectivity index (χ2v) is 10.1. The highest BCUT2D eigenvalue weighted by Crippen LogP contribution is 2.66. The molecule has 0 aromatic heterocycles. The van der Waals surface area contributed by atoms with Crippen molar-refractivity contribution < 1.29 is 14.6 Å². The minimum absolute atomic E-state index is 0.123. The smallest absolute Gasteiger partial charge is 0.115 e. The molecule has 30 heavy (non-hydrogen) atoms. The van der Waals surface area contributed by atoms with Crippen LogP contribution in [0.3, 0.4) is 0 Å². The second-order valence-electron chi connectivity index (χ2n) is 10.1. The SMILES string of the molecule is C=CC[C@H]1[C@H]2[C@H]3[C@@H](c4ccc(O)cc4C[C@H]3c3ccccc3)[C@@H](F)C[C@]2(C)C[C@H]1O. The van der Waals surface area contributed by atoms with Gasteiger partial charge < -0.3 is 10.2 Å². The summed E-state index contributed by atoms with van der Waals surface area (Å²) in [6.45, 7) is 6.14. The fraction of sp³-hybridized carbons (Fsp3) is 0.481. The Morgan fingerprint density at radius 3 is 2.67 bits per heavy atom. The lowest BCUT2D eigenvalue weighted by Crippen LogP contribution is -2.50. The minimum Gasteiger partial charge on any atom is -0.508 e. The monoisotopic (exact) mass is 406 g/mol. The lowest BCUT2D eigenvalue weighted by molar-refractivity contribution is -0.0263. The van der Waals surface area contributed by atoms with Crippen LogP contribution in [0.15, 0.2) is 61.2 Å². The van der Waals surface area contributed by atoms with Crippen LogP contribution in [-0.4, -0.2) is 22.5 Å². The van der Waals surface area contributed by atoms with Crippen molar-refractivity contribution in [3.63, 3.8) is 0 Å². The lowest BCUT2D eigenvalue weighted by Gasteiger charge is -2.55. The van der Waals surface area contributed by atoms with Gasteiger partial charge >= 0.3 is 0 Å². The first-order chi connectivity index (χ1) is 14.4. The largest absolute Gasteiger partial charge is 0.508 e. The molecule has 2 N–H and O–H groups in total. The average Bonchev–Trinajstić information content (AvgIpc) is 2.97. The first kappa shape index (κ1) is 19.8. The molecule has 2 fully saturated rings. The predicted molar refractivity (Wildman–Crippen MR) is 117 cm³/mol. The van der Waals surface area contributed by atoms with E-state index in [0.29, 0.717) is 12.8 Å². The number of fused-ring (bicyclic) bond motifs is 5. The second kappa shape index (κ2) is 7.23. The summed E-state index contributed by atoms with van der Waals surface area (Å²) in [6.07, 6.45) is 3.30. The fourth-order valence-electron chi connectivity index (χ4n) is 7.43. The number of alkyl halides is 1. The minimum atomic E-state index is -0.944. The number of aliphatic hydroxyl groups is 1. The summed E-state index contributed by atoms with van der Waals surface area (Å²) in [5.41, 5.74) is 3.15. The third kappa shape index (κ3) is 2.93. The summed E-state index contributed by atoms with van der Waals surface area (Å²) >= 11 is 0. The van der Waals surface area contributed by atoms with Crippen molar-refractivity contribution >= 4 is 0 Å². The Balaban J connectivity index is 1.69. The van der Waals surface area contributed by atoms with Crippen LogP contribution in [0.5, 0.6) is 5.75 Å². The molecule has 0 radical (unpaired) electrons. The summed E-state index contributed by atoms with van der Waals surface area (Å²) < 4.78 is 15.9. The number of aliphatic hydroxyl groups excluding tert-OH is 1. The number of rotatable bonds is 3. The zero-order valence-corrected chi connectivity index (χ0v) is 17.5. The van der Waals surface area contributed by atoms with E-state index in [4.69, 9.17) is 0 Å². The Hall–Kier alpha value is -2.13. The normalized spacial score (nSPS) is 39.6. The van der Waals surface area contributed by atoms with Crippen molar-refractivity contribution in [3.05, 3.63) is 77.9 Å². The molecular weight excluding hydrogens is 375 g/mol. The van der Waals surface area contributed by atoms with E-state index in [2.05, 4.69) is 37.8 Å². The number of hydrogen-bond acceptors (Lipinski definition) is 2. The number of phenolic OH excluding ortho intramolecular Hbond substituents is 1. The highest BCUT2D eigenvalue weighted by Gasteiger charge is 2.62. The Labute approximate surface area is 178 Å². The molecule has 2 nitrogen and oxygen atoms in total. The molecule has 2 aromatic carbocycles. The zero-order valence-electron chi connectivity index (χ0n) is 17.5. The third-order valence-electron chi connectivity index (χ3n) is 8.37. The maximum Gasteiger partial charge on any atom is 0.115 e. The number of halogens is 1. The van der Waals surface area contributed by atoms with Gasteiger partial charge in [-0.1, -0.05) is 49.4 Å². The van der Waals surface area contributed by atoms with Crippen molar-refractivity contribution in [2.75, 3.05) is 0 Å². The van der Waals surface area contributed by atoms with Crippen LogP contribution in [0.2, 0.25) is 0 Å². The van der Waals surface area contributed by atoms with Gasteiger partial charge in [0, 0.05) is 5.92 Å². The van der Waals surface area contributed by atoms with Gasteiger partial charge in [-0.15, -0.1) is 6.58 Å². The van der Waals surface area contributed by atoms with E-state index < -0.39 is 12.3 Å². The summed E-state index contributed by atoms with van der Waals surface area (Å²) in [4.78, 5) is 0. The maximum atomic E-state index is 15.9. The molecular formula is C27H31FO2. The first-order valence-corrected chi connectivity index (χ1v) is 11.2. The summed E-state index contributed by atoms with van der Waals surface area (Å²) in [7, 11) is 0. The zero-order chi connectivity index (χ0) is 21.0. The summed E-state index contributed by atoms with van der Waals surface area (Å²) in [5, 5.41) is 21.1. The van der Waals surface area contributed by atoms with Gasteiger partial charge in [-0.3, -0.25) is 0 Å². The molecule has 3 heteroatoms. The third-order valence-corrected chi connectivity index (χ3v) is 8.37. The number of aromatic hydroxyl groups is 1. The molecule has 0 unspecified atom stereocenters. The van der Waals surface area contributed by atoms with Crippen LogP contribution in [0.1, 0.15) is 54.7 Å². The number of allylic oxidation sites excluding steroid dienone is 1. The molecule has 2 saturated carbocycles. The molecule has 0 bridgehead atoms. The van der Waals surface area contributed by atoms with Gasteiger partial charge in [-0.25, -0.2) is 4.39 Å². The topological polar surface area (TPSA) is 40.5 Å². The molecule has 0 spiro atoms. The van der Waals surface area contributed by atoms with E-state index >= 15 is 4.39 Å². The van der Waals surface area contributed by atoms with Gasteiger partial charge in [-0.2, -0.15) is 0 Å². The molecule has 0 aliphatic heterocycles. The average molecular weight is 407 g/mol. The number of hydrogen-bond donors (Lipinski definition) is 2. The van der Waals surface area contributed by atoms with Crippen molar-refractivity contribution in [3.8, 4) is 5.75 Å². The van der Waals surface area contributed by atoms with Crippen LogP contribution in [-0.2, 0) is 6.42 Å². The van der Waals surface area contributed by atoms with Crippen LogP contribution in [0, 0.1) is 23.2 Å². The quantitative estimate of drug-likeness (QED) is 0.637. The van der Waals surface area contributed by atoms with Crippen LogP contribution >= 0.6 is 0 Å². The molecule has 5 rings (SSSR count). The molecule has 2 aromatic rings. The Morgan fingerprint density at radius 1 is 1.17 bits per heavy atom. The Bertz CT molecular complexity index is 941. The standard InChI is InChI=1S/C27H31FO2/c1-3-7-20-23(30)15-27(2)14-22(28)24-19-11-10-18(29)12-17(19)13-21(25(24)26(20)27)16-8-5-4-6-9-16/h3-6,8-12,20-26,29-30H,1,7,13-15H2,2H3/t20-,21+,22+,23-,24+,25-,26+,27-/m1/s1. The predicted octanol–water partition coefficient (Wildman–Crippen LogP) is 5.75. The number of benzene rings is 2. The molecule has 0 amide bonds.